The molecule has 2 aromatic carbocycles. The van der Waals surface area contributed by atoms with Gasteiger partial charge in [0.25, 0.3) is 5.56 Å². The van der Waals surface area contributed by atoms with E-state index in [0.717, 1.165) is 21.0 Å². The Bertz CT molecular complexity index is 1250. The van der Waals surface area contributed by atoms with Gasteiger partial charge >= 0.3 is 0 Å². The van der Waals surface area contributed by atoms with Crippen LogP contribution in [0.2, 0.25) is 0 Å². The Labute approximate surface area is 146 Å². The predicted octanol–water partition coefficient (Wildman–Crippen LogP) is 3.76. The van der Waals surface area contributed by atoms with Gasteiger partial charge in [-0.05, 0) is 23.8 Å². The monoisotopic (exact) mass is 344 g/mol. The molecule has 0 aliphatic rings. The maximum Gasteiger partial charge on any atom is 0.284 e. The van der Waals surface area contributed by atoms with Gasteiger partial charge in [-0.3, -0.25) is 9.36 Å². The average molecular weight is 344 g/mol. The number of hydrogen-bond donors (Lipinski definition) is 0. The smallest absolute Gasteiger partial charge is 0.267 e. The molecule has 0 fully saturated rings. The van der Waals surface area contributed by atoms with Crippen LogP contribution in [0.1, 0.15) is 0 Å². The number of hydrogen-bond acceptors (Lipinski definition) is 4. The molecule has 120 valence electrons. The predicted molar refractivity (Wildman–Crippen MR) is 99.4 cm³/mol. The molecule has 5 nitrogen and oxygen atoms in total. The van der Waals surface area contributed by atoms with Crippen molar-refractivity contribution in [2.24, 2.45) is 0 Å². The lowest BCUT2D eigenvalue weighted by molar-refractivity contribution is 0.916. The van der Waals surface area contributed by atoms with Crippen molar-refractivity contribution in [1.29, 1.82) is 0 Å². The molecule has 0 N–H and O–H groups in total. The van der Waals surface area contributed by atoms with Crippen LogP contribution >= 0.6 is 11.3 Å². The molecule has 0 atom stereocenters. The van der Waals surface area contributed by atoms with Crippen LogP contribution in [0.25, 0.3) is 32.1 Å². The number of fused-ring (bicyclic) bond motifs is 2. The molecule has 0 aliphatic carbocycles. The Balaban J connectivity index is 1.78. The SMILES string of the molecule is O=c1c2cc(-c3ccccc3)sc2nc2n(-c3ccccc3)cnn12. The van der Waals surface area contributed by atoms with Crippen LogP contribution in [0, 0.1) is 0 Å². The maximum absolute atomic E-state index is 12.8. The molecule has 0 radical (unpaired) electrons. The highest BCUT2D eigenvalue weighted by molar-refractivity contribution is 7.21. The van der Waals surface area contributed by atoms with Crippen LogP contribution in [0.5, 0.6) is 0 Å². The summed E-state index contributed by atoms with van der Waals surface area (Å²) in [4.78, 5) is 19.3. The van der Waals surface area contributed by atoms with Gasteiger partial charge in [-0.1, -0.05) is 48.5 Å². The zero-order chi connectivity index (χ0) is 16.8. The molecule has 0 aliphatic heterocycles. The van der Waals surface area contributed by atoms with Crippen molar-refractivity contribution in [1.82, 2.24) is 19.2 Å². The van der Waals surface area contributed by atoms with Crippen LogP contribution in [0.4, 0.5) is 0 Å². The van der Waals surface area contributed by atoms with Gasteiger partial charge in [-0.25, -0.2) is 4.98 Å². The van der Waals surface area contributed by atoms with Crippen molar-refractivity contribution < 1.29 is 0 Å². The van der Waals surface area contributed by atoms with E-state index in [1.807, 2.05) is 71.3 Å². The summed E-state index contributed by atoms with van der Waals surface area (Å²) in [6, 6.07) is 21.7. The highest BCUT2D eigenvalue weighted by Crippen LogP contribution is 2.31. The molecule has 6 heteroatoms. The summed E-state index contributed by atoms with van der Waals surface area (Å²) in [5, 5.41) is 4.83. The molecule has 5 rings (SSSR count). The minimum atomic E-state index is -0.145. The van der Waals surface area contributed by atoms with E-state index in [1.165, 1.54) is 15.9 Å². The summed E-state index contributed by atoms with van der Waals surface area (Å²) in [6.45, 7) is 0. The lowest BCUT2D eigenvalue weighted by Gasteiger charge is -2.01. The summed E-state index contributed by atoms with van der Waals surface area (Å²) in [7, 11) is 0. The fourth-order valence-electron chi connectivity index (χ4n) is 2.89. The fraction of sp³-hybridized carbons (Fsp3) is 0. The van der Waals surface area contributed by atoms with Gasteiger partial charge in [0.05, 0.1) is 11.1 Å². The zero-order valence-electron chi connectivity index (χ0n) is 13.0. The largest absolute Gasteiger partial charge is 0.284 e. The molecule has 0 spiro atoms. The van der Waals surface area contributed by atoms with Crippen LogP contribution < -0.4 is 5.56 Å². The van der Waals surface area contributed by atoms with Crippen molar-refractivity contribution >= 4 is 27.3 Å². The first kappa shape index (κ1) is 14.1. The Morgan fingerprint density at radius 1 is 0.920 bits per heavy atom. The van der Waals surface area contributed by atoms with Crippen LogP contribution in [-0.4, -0.2) is 19.2 Å². The number of benzene rings is 2. The Hall–Kier alpha value is -3.25. The lowest BCUT2D eigenvalue weighted by Crippen LogP contribution is -2.15. The van der Waals surface area contributed by atoms with E-state index in [0.29, 0.717) is 11.2 Å². The first-order chi connectivity index (χ1) is 12.3. The minimum Gasteiger partial charge on any atom is -0.267 e. The number of rotatable bonds is 2. The summed E-state index contributed by atoms with van der Waals surface area (Å²) in [6.07, 6.45) is 1.63. The van der Waals surface area contributed by atoms with E-state index in [2.05, 4.69) is 5.10 Å². The summed E-state index contributed by atoms with van der Waals surface area (Å²) < 4.78 is 3.18. The summed E-state index contributed by atoms with van der Waals surface area (Å²) in [5.41, 5.74) is 1.86. The second-order valence-corrected chi connectivity index (χ2v) is 6.69. The number of aromatic nitrogens is 4. The molecule has 3 heterocycles. The Morgan fingerprint density at radius 3 is 2.40 bits per heavy atom. The summed E-state index contributed by atoms with van der Waals surface area (Å²) >= 11 is 1.52. The third-order valence-electron chi connectivity index (χ3n) is 4.12. The molecule has 0 bridgehead atoms. The van der Waals surface area contributed by atoms with Gasteiger partial charge in [0.1, 0.15) is 11.2 Å². The fourth-order valence-corrected chi connectivity index (χ4v) is 3.91. The van der Waals surface area contributed by atoms with Gasteiger partial charge in [0.15, 0.2) is 0 Å². The van der Waals surface area contributed by atoms with Gasteiger partial charge in [0, 0.05) is 4.88 Å². The van der Waals surface area contributed by atoms with Crippen molar-refractivity contribution in [2.45, 2.75) is 0 Å². The van der Waals surface area contributed by atoms with Crippen LogP contribution in [0.15, 0.2) is 77.9 Å². The molecule has 5 aromatic rings. The van der Waals surface area contributed by atoms with Gasteiger partial charge in [-0.15, -0.1) is 11.3 Å². The van der Waals surface area contributed by atoms with E-state index in [4.69, 9.17) is 4.98 Å². The van der Waals surface area contributed by atoms with Gasteiger partial charge in [-0.2, -0.15) is 9.61 Å². The molecule has 0 unspecified atom stereocenters. The van der Waals surface area contributed by atoms with Gasteiger partial charge in [0.2, 0.25) is 5.78 Å². The summed E-state index contributed by atoms with van der Waals surface area (Å²) in [5.74, 6) is 0.519. The number of thiophene rings is 1. The van der Waals surface area contributed by atoms with E-state index >= 15 is 0 Å². The molecule has 3 aromatic heterocycles. The number of nitrogens with zero attached hydrogens (tertiary/aromatic N) is 4. The average Bonchev–Trinajstić information content (AvgIpc) is 3.28. The quantitative estimate of drug-likeness (QED) is 0.490. The van der Waals surface area contributed by atoms with Crippen molar-refractivity contribution in [3.63, 3.8) is 0 Å². The van der Waals surface area contributed by atoms with E-state index < -0.39 is 0 Å². The highest BCUT2D eigenvalue weighted by atomic mass is 32.1. The number of para-hydroxylation sites is 1. The Morgan fingerprint density at radius 2 is 1.64 bits per heavy atom. The van der Waals surface area contributed by atoms with E-state index in [-0.39, 0.29) is 5.56 Å². The van der Waals surface area contributed by atoms with Crippen molar-refractivity contribution in [3.8, 4) is 16.1 Å². The minimum absolute atomic E-state index is 0.145. The third kappa shape index (κ3) is 2.19. The second kappa shape index (κ2) is 5.39. The topological polar surface area (TPSA) is 52.2 Å². The second-order valence-electron chi connectivity index (χ2n) is 5.66. The first-order valence-corrected chi connectivity index (χ1v) is 8.64. The van der Waals surface area contributed by atoms with Crippen molar-refractivity contribution in [3.05, 3.63) is 83.4 Å². The molecule has 0 saturated carbocycles. The molecule has 0 saturated heterocycles. The van der Waals surface area contributed by atoms with Crippen LogP contribution in [-0.2, 0) is 0 Å². The Kier molecular flexibility index (Phi) is 3.05. The standard InChI is InChI=1S/C19H12N4OS/c24-18-15-11-16(13-7-3-1-4-8-13)25-17(15)21-19-22(12-20-23(18)19)14-9-5-2-6-10-14/h1-12H. The molecule has 0 amide bonds. The van der Waals surface area contributed by atoms with Crippen LogP contribution in [0.3, 0.4) is 0 Å². The molecular weight excluding hydrogens is 332 g/mol. The third-order valence-corrected chi connectivity index (χ3v) is 5.19. The zero-order valence-corrected chi connectivity index (χ0v) is 13.9. The molecule has 25 heavy (non-hydrogen) atoms. The first-order valence-electron chi connectivity index (χ1n) is 7.82. The van der Waals surface area contributed by atoms with Crippen molar-refractivity contribution in [2.75, 3.05) is 0 Å². The van der Waals surface area contributed by atoms with E-state index in [9.17, 15) is 4.79 Å². The van der Waals surface area contributed by atoms with E-state index in [1.54, 1.807) is 6.33 Å². The highest BCUT2D eigenvalue weighted by Gasteiger charge is 2.15. The normalized spacial score (nSPS) is 11.4. The maximum atomic E-state index is 12.8. The van der Waals surface area contributed by atoms with Gasteiger partial charge < -0.3 is 0 Å². The lowest BCUT2D eigenvalue weighted by atomic mass is 10.2. The molecular formula is C19H12N4OS.